The van der Waals surface area contributed by atoms with E-state index in [1.54, 1.807) is 12.1 Å². The highest BCUT2D eigenvalue weighted by atomic mass is 32.2. The standard InChI is InChI=1S/C14H17N3O2S2/c1-10-4-6-11(7-5-10)21(18,19)17-8-2-3-13-12(9-17)16-14(15)20-13/h4-7H,2-3,8-9H2,1H3,(H2,15,16). The average molecular weight is 323 g/mol. The van der Waals surface area contributed by atoms with Gasteiger partial charge in [0.25, 0.3) is 0 Å². The largest absolute Gasteiger partial charge is 0.375 e. The van der Waals surface area contributed by atoms with E-state index in [1.807, 2.05) is 19.1 Å². The molecule has 0 atom stereocenters. The van der Waals surface area contributed by atoms with Crippen LogP contribution in [-0.4, -0.2) is 24.3 Å². The molecule has 2 aromatic rings. The normalized spacial score (nSPS) is 16.4. The molecule has 0 radical (unpaired) electrons. The summed E-state index contributed by atoms with van der Waals surface area (Å²) in [6, 6.07) is 6.95. The number of anilines is 1. The van der Waals surface area contributed by atoms with Crippen molar-refractivity contribution in [2.24, 2.45) is 0 Å². The number of thiazole rings is 1. The molecule has 1 aliphatic rings. The Morgan fingerprint density at radius 1 is 1.29 bits per heavy atom. The zero-order valence-corrected chi connectivity index (χ0v) is 13.4. The van der Waals surface area contributed by atoms with Gasteiger partial charge in [-0.3, -0.25) is 0 Å². The minimum Gasteiger partial charge on any atom is -0.375 e. The summed E-state index contributed by atoms with van der Waals surface area (Å²) in [5.41, 5.74) is 7.57. The Morgan fingerprint density at radius 2 is 2.00 bits per heavy atom. The third-order valence-electron chi connectivity index (χ3n) is 3.59. The Morgan fingerprint density at radius 3 is 2.71 bits per heavy atom. The van der Waals surface area contributed by atoms with E-state index in [-0.39, 0.29) is 0 Å². The SMILES string of the molecule is Cc1ccc(S(=O)(=O)N2CCCc3sc(N)nc3C2)cc1. The first-order valence-electron chi connectivity index (χ1n) is 6.78. The molecule has 0 aliphatic carbocycles. The highest BCUT2D eigenvalue weighted by Gasteiger charge is 2.28. The van der Waals surface area contributed by atoms with Crippen molar-refractivity contribution < 1.29 is 8.42 Å². The number of rotatable bonds is 2. The molecule has 7 heteroatoms. The Kier molecular flexibility index (Phi) is 3.73. The van der Waals surface area contributed by atoms with Gasteiger partial charge in [0.15, 0.2) is 5.13 Å². The van der Waals surface area contributed by atoms with Crippen LogP contribution in [0.1, 0.15) is 22.6 Å². The Hall–Kier alpha value is -1.44. The summed E-state index contributed by atoms with van der Waals surface area (Å²) in [6.45, 7) is 2.76. The first-order chi connectivity index (χ1) is 9.96. The van der Waals surface area contributed by atoms with Gasteiger partial charge in [-0.1, -0.05) is 17.7 Å². The molecule has 0 saturated heterocycles. The molecule has 2 heterocycles. The fraction of sp³-hybridized carbons (Fsp3) is 0.357. The van der Waals surface area contributed by atoms with Crippen molar-refractivity contribution in [1.29, 1.82) is 0 Å². The molecular formula is C14H17N3O2S2. The van der Waals surface area contributed by atoms with Gasteiger partial charge in [0.1, 0.15) is 0 Å². The zero-order valence-electron chi connectivity index (χ0n) is 11.7. The van der Waals surface area contributed by atoms with E-state index in [2.05, 4.69) is 4.98 Å². The highest BCUT2D eigenvalue weighted by molar-refractivity contribution is 7.89. The summed E-state index contributed by atoms with van der Waals surface area (Å²) in [6.07, 6.45) is 1.63. The first kappa shape index (κ1) is 14.5. The number of nitrogens with two attached hydrogens (primary N) is 1. The lowest BCUT2D eigenvalue weighted by Crippen LogP contribution is -2.31. The van der Waals surface area contributed by atoms with Crippen LogP contribution in [-0.2, 0) is 23.0 Å². The highest BCUT2D eigenvalue weighted by Crippen LogP contribution is 2.28. The van der Waals surface area contributed by atoms with Gasteiger partial charge in [0, 0.05) is 11.4 Å². The molecule has 5 nitrogen and oxygen atoms in total. The number of nitrogens with zero attached hydrogens (tertiary/aromatic N) is 2. The zero-order chi connectivity index (χ0) is 15.0. The van der Waals surface area contributed by atoms with Crippen molar-refractivity contribution in [3.05, 3.63) is 40.4 Å². The van der Waals surface area contributed by atoms with Crippen LogP contribution in [0.15, 0.2) is 29.2 Å². The molecule has 0 unspecified atom stereocenters. The summed E-state index contributed by atoms with van der Waals surface area (Å²) >= 11 is 1.46. The number of hydrogen-bond acceptors (Lipinski definition) is 5. The Balaban J connectivity index is 1.94. The fourth-order valence-electron chi connectivity index (χ4n) is 2.45. The average Bonchev–Trinajstić information content (AvgIpc) is 2.66. The molecule has 0 amide bonds. The monoisotopic (exact) mass is 323 g/mol. The van der Waals surface area contributed by atoms with Gasteiger partial charge >= 0.3 is 0 Å². The molecule has 112 valence electrons. The molecule has 1 aliphatic heterocycles. The number of sulfonamides is 1. The van der Waals surface area contributed by atoms with Gasteiger partial charge in [0.2, 0.25) is 10.0 Å². The second-order valence-electron chi connectivity index (χ2n) is 5.18. The molecule has 1 aromatic heterocycles. The summed E-state index contributed by atoms with van der Waals surface area (Å²) < 4.78 is 27.0. The van der Waals surface area contributed by atoms with Crippen LogP contribution < -0.4 is 5.73 Å². The fourth-order valence-corrected chi connectivity index (χ4v) is 4.77. The van der Waals surface area contributed by atoms with Crippen LogP contribution in [0.25, 0.3) is 0 Å². The summed E-state index contributed by atoms with van der Waals surface area (Å²) in [7, 11) is -3.48. The molecule has 0 fully saturated rings. The maximum Gasteiger partial charge on any atom is 0.243 e. The number of aromatic nitrogens is 1. The molecule has 0 bridgehead atoms. The second kappa shape index (κ2) is 5.40. The van der Waals surface area contributed by atoms with Crippen molar-refractivity contribution in [1.82, 2.24) is 9.29 Å². The minimum atomic E-state index is -3.48. The molecule has 21 heavy (non-hydrogen) atoms. The number of hydrogen-bond donors (Lipinski definition) is 1. The third-order valence-corrected chi connectivity index (χ3v) is 6.44. The van der Waals surface area contributed by atoms with Crippen molar-refractivity contribution >= 4 is 26.5 Å². The van der Waals surface area contributed by atoms with Crippen LogP contribution >= 0.6 is 11.3 Å². The molecular weight excluding hydrogens is 306 g/mol. The van der Waals surface area contributed by atoms with Gasteiger partial charge in [0.05, 0.1) is 17.1 Å². The predicted octanol–water partition coefficient (Wildman–Crippen LogP) is 2.17. The lowest BCUT2D eigenvalue weighted by atomic mass is 10.2. The van der Waals surface area contributed by atoms with Gasteiger partial charge in [-0.25, -0.2) is 13.4 Å². The minimum absolute atomic E-state index is 0.305. The van der Waals surface area contributed by atoms with Crippen molar-refractivity contribution in [2.75, 3.05) is 12.3 Å². The van der Waals surface area contributed by atoms with Crippen LogP contribution in [0.3, 0.4) is 0 Å². The molecule has 2 N–H and O–H groups in total. The number of fused-ring (bicyclic) bond motifs is 1. The van der Waals surface area contributed by atoms with E-state index in [0.717, 1.165) is 29.0 Å². The summed E-state index contributed by atoms with van der Waals surface area (Å²) in [5.74, 6) is 0. The van der Waals surface area contributed by atoms with Crippen LogP contribution in [0.5, 0.6) is 0 Å². The molecule has 0 spiro atoms. The lowest BCUT2D eigenvalue weighted by molar-refractivity contribution is 0.407. The summed E-state index contributed by atoms with van der Waals surface area (Å²) in [4.78, 5) is 5.71. The van der Waals surface area contributed by atoms with Gasteiger partial charge < -0.3 is 5.73 Å². The predicted molar refractivity (Wildman–Crippen MR) is 83.6 cm³/mol. The van der Waals surface area contributed by atoms with Gasteiger partial charge in [-0.05, 0) is 31.9 Å². The lowest BCUT2D eigenvalue weighted by Gasteiger charge is -2.19. The van der Waals surface area contributed by atoms with E-state index in [4.69, 9.17) is 5.73 Å². The molecule has 1 aromatic carbocycles. The summed E-state index contributed by atoms with van der Waals surface area (Å²) in [5, 5.41) is 0.509. The third kappa shape index (κ3) is 2.81. The Labute approximate surface area is 128 Å². The first-order valence-corrected chi connectivity index (χ1v) is 9.03. The Bertz CT molecular complexity index is 751. The van der Waals surface area contributed by atoms with Crippen molar-refractivity contribution in [2.45, 2.75) is 31.2 Å². The van der Waals surface area contributed by atoms with Crippen LogP contribution in [0, 0.1) is 6.92 Å². The smallest absolute Gasteiger partial charge is 0.243 e. The number of aryl methyl sites for hydroxylation is 2. The topological polar surface area (TPSA) is 76.3 Å². The maximum atomic E-state index is 12.7. The van der Waals surface area contributed by atoms with E-state index in [0.29, 0.717) is 23.1 Å². The number of benzene rings is 1. The van der Waals surface area contributed by atoms with E-state index in [9.17, 15) is 8.42 Å². The number of nitrogen functional groups attached to an aromatic ring is 1. The maximum absolute atomic E-state index is 12.7. The van der Waals surface area contributed by atoms with Gasteiger partial charge in [-0.15, -0.1) is 11.3 Å². The van der Waals surface area contributed by atoms with E-state index >= 15 is 0 Å². The quantitative estimate of drug-likeness (QED) is 0.919. The molecule has 0 saturated carbocycles. The van der Waals surface area contributed by atoms with E-state index < -0.39 is 10.0 Å². The van der Waals surface area contributed by atoms with E-state index in [1.165, 1.54) is 15.6 Å². The van der Waals surface area contributed by atoms with Crippen molar-refractivity contribution in [3.8, 4) is 0 Å². The van der Waals surface area contributed by atoms with Crippen LogP contribution in [0.4, 0.5) is 5.13 Å². The van der Waals surface area contributed by atoms with Gasteiger partial charge in [-0.2, -0.15) is 4.31 Å². The van der Waals surface area contributed by atoms with Crippen LogP contribution in [0.2, 0.25) is 0 Å². The van der Waals surface area contributed by atoms with Crippen molar-refractivity contribution in [3.63, 3.8) is 0 Å². The second-order valence-corrected chi connectivity index (χ2v) is 8.23. The molecule has 3 rings (SSSR count).